The second-order valence-corrected chi connectivity index (χ2v) is 4.57. The van der Waals surface area contributed by atoms with Crippen LogP contribution in [0, 0.1) is 0 Å². The number of piperidine rings is 1. The molecule has 1 heterocycles. The molecule has 2 N–H and O–H groups in total. The van der Waals surface area contributed by atoms with Gasteiger partial charge in [0.15, 0.2) is 0 Å². The Kier molecular flexibility index (Phi) is 5.46. The predicted molar refractivity (Wildman–Crippen MR) is 62.9 cm³/mol. The minimum absolute atomic E-state index is 0.151. The Hall–Kier alpha value is -0.900. The average Bonchev–Trinajstić information content (AvgIpc) is 2.23. The third kappa shape index (κ3) is 4.31. The number of carbonyl (C=O) groups is 2. The summed E-state index contributed by atoms with van der Waals surface area (Å²) in [5.41, 5.74) is 0. The highest BCUT2D eigenvalue weighted by Crippen LogP contribution is 2.08. The molecule has 2 amide bonds. The number of hydrogen-bond acceptors (Lipinski definition) is 3. The van der Waals surface area contributed by atoms with Gasteiger partial charge in [-0.1, -0.05) is 26.2 Å². The van der Waals surface area contributed by atoms with Crippen molar-refractivity contribution in [2.75, 3.05) is 0 Å². The summed E-state index contributed by atoms with van der Waals surface area (Å²) in [5.74, 6) is -0.319. The van der Waals surface area contributed by atoms with E-state index in [9.17, 15) is 9.59 Å². The van der Waals surface area contributed by atoms with Gasteiger partial charge in [0, 0.05) is 12.5 Å². The van der Waals surface area contributed by atoms with Gasteiger partial charge in [0.05, 0.1) is 6.04 Å². The average molecular weight is 226 g/mol. The SMILES string of the molecule is CCCCCC(C)NC1CCC(=O)NC1=O. The Balaban J connectivity index is 2.25. The zero-order valence-electron chi connectivity index (χ0n) is 10.2. The molecule has 1 aliphatic heterocycles. The fourth-order valence-electron chi connectivity index (χ4n) is 1.98. The van der Waals surface area contributed by atoms with Crippen molar-refractivity contribution in [1.82, 2.24) is 10.6 Å². The summed E-state index contributed by atoms with van der Waals surface area (Å²) in [6.45, 7) is 4.28. The molecule has 92 valence electrons. The quantitative estimate of drug-likeness (QED) is 0.531. The van der Waals surface area contributed by atoms with Gasteiger partial charge in [-0.15, -0.1) is 0 Å². The molecule has 0 aromatic rings. The largest absolute Gasteiger partial charge is 0.303 e. The van der Waals surface area contributed by atoms with E-state index >= 15 is 0 Å². The molecule has 2 unspecified atom stereocenters. The van der Waals surface area contributed by atoms with Crippen molar-refractivity contribution in [2.45, 2.75) is 64.5 Å². The third-order valence-corrected chi connectivity index (χ3v) is 2.97. The zero-order valence-corrected chi connectivity index (χ0v) is 10.2. The summed E-state index contributed by atoms with van der Waals surface area (Å²) in [5, 5.41) is 5.65. The zero-order chi connectivity index (χ0) is 12.0. The Morgan fingerprint density at radius 2 is 2.19 bits per heavy atom. The van der Waals surface area contributed by atoms with Crippen LogP contribution in [-0.2, 0) is 9.59 Å². The van der Waals surface area contributed by atoms with Gasteiger partial charge < -0.3 is 5.32 Å². The molecule has 0 bridgehead atoms. The molecule has 1 aliphatic rings. The lowest BCUT2D eigenvalue weighted by molar-refractivity contribution is -0.134. The first-order chi connectivity index (χ1) is 7.63. The van der Waals surface area contributed by atoms with Crippen molar-refractivity contribution < 1.29 is 9.59 Å². The van der Waals surface area contributed by atoms with Crippen LogP contribution >= 0.6 is 0 Å². The molecule has 1 saturated heterocycles. The van der Waals surface area contributed by atoms with E-state index in [0.29, 0.717) is 18.9 Å². The molecule has 0 aliphatic carbocycles. The Bertz CT molecular complexity index is 253. The maximum Gasteiger partial charge on any atom is 0.243 e. The van der Waals surface area contributed by atoms with Crippen LogP contribution in [0.3, 0.4) is 0 Å². The number of imide groups is 1. The Morgan fingerprint density at radius 3 is 2.81 bits per heavy atom. The van der Waals surface area contributed by atoms with Gasteiger partial charge in [-0.05, 0) is 19.8 Å². The first-order valence-electron chi connectivity index (χ1n) is 6.23. The second kappa shape index (κ2) is 6.63. The summed E-state index contributed by atoms with van der Waals surface area (Å²) >= 11 is 0. The molecule has 4 nitrogen and oxygen atoms in total. The lowest BCUT2D eigenvalue weighted by atomic mass is 10.0. The van der Waals surface area contributed by atoms with Crippen molar-refractivity contribution in [3.8, 4) is 0 Å². The minimum Gasteiger partial charge on any atom is -0.303 e. The highest BCUT2D eigenvalue weighted by atomic mass is 16.2. The summed E-state index contributed by atoms with van der Waals surface area (Å²) < 4.78 is 0. The van der Waals surface area contributed by atoms with E-state index in [1.807, 2.05) is 0 Å². The van der Waals surface area contributed by atoms with E-state index in [-0.39, 0.29) is 17.9 Å². The molecular formula is C12H22N2O2. The summed E-state index contributed by atoms with van der Waals surface area (Å²) in [6, 6.07) is 0.157. The van der Waals surface area contributed by atoms with Crippen molar-refractivity contribution in [1.29, 1.82) is 0 Å². The van der Waals surface area contributed by atoms with Gasteiger partial charge in [-0.2, -0.15) is 0 Å². The number of carbonyl (C=O) groups excluding carboxylic acids is 2. The molecule has 16 heavy (non-hydrogen) atoms. The van der Waals surface area contributed by atoms with E-state index in [1.54, 1.807) is 0 Å². The number of amides is 2. The molecule has 0 aromatic heterocycles. The van der Waals surface area contributed by atoms with Crippen LogP contribution in [0.5, 0.6) is 0 Å². The molecule has 0 aromatic carbocycles. The van der Waals surface area contributed by atoms with E-state index in [4.69, 9.17) is 0 Å². The van der Waals surface area contributed by atoms with Crippen molar-refractivity contribution in [3.05, 3.63) is 0 Å². The summed E-state index contributed by atoms with van der Waals surface area (Å²) in [6.07, 6.45) is 5.81. The van der Waals surface area contributed by atoms with Crippen LogP contribution < -0.4 is 10.6 Å². The topological polar surface area (TPSA) is 58.2 Å². The third-order valence-electron chi connectivity index (χ3n) is 2.97. The van der Waals surface area contributed by atoms with Gasteiger partial charge in [-0.25, -0.2) is 0 Å². The number of unbranched alkanes of at least 4 members (excludes halogenated alkanes) is 2. The second-order valence-electron chi connectivity index (χ2n) is 4.57. The fraction of sp³-hybridized carbons (Fsp3) is 0.833. The Morgan fingerprint density at radius 1 is 1.44 bits per heavy atom. The van der Waals surface area contributed by atoms with Crippen molar-refractivity contribution in [3.63, 3.8) is 0 Å². The van der Waals surface area contributed by atoms with Crippen LogP contribution in [0.1, 0.15) is 52.4 Å². The fourth-order valence-corrected chi connectivity index (χ4v) is 1.98. The summed E-state index contributed by atoms with van der Waals surface area (Å²) in [7, 11) is 0. The van der Waals surface area contributed by atoms with E-state index in [0.717, 1.165) is 6.42 Å². The number of hydrogen-bond donors (Lipinski definition) is 2. The predicted octanol–water partition coefficient (Wildman–Crippen LogP) is 1.35. The molecule has 0 saturated carbocycles. The van der Waals surface area contributed by atoms with Gasteiger partial charge >= 0.3 is 0 Å². The molecule has 2 atom stereocenters. The van der Waals surface area contributed by atoms with Crippen molar-refractivity contribution >= 4 is 11.8 Å². The first-order valence-corrected chi connectivity index (χ1v) is 6.23. The smallest absolute Gasteiger partial charge is 0.243 e. The first kappa shape index (κ1) is 13.2. The molecular weight excluding hydrogens is 204 g/mol. The van der Waals surface area contributed by atoms with Crippen LogP contribution in [0.4, 0.5) is 0 Å². The molecule has 0 spiro atoms. The van der Waals surface area contributed by atoms with Gasteiger partial charge in [0.2, 0.25) is 11.8 Å². The number of rotatable bonds is 6. The minimum atomic E-state index is -0.186. The van der Waals surface area contributed by atoms with Crippen LogP contribution in [0.2, 0.25) is 0 Å². The van der Waals surface area contributed by atoms with Gasteiger partial charge in [-0.3, -0.25) is 14.9 Å². The lowest BCUT2D eigenvalue weighted by Gasteiger charge is -2.25. The lowest BCUT2D eigenvalue weighted by Crippen LogP contribution is -2.52. The van der Waals surface area contributed by atoms with Gasteiger partial charge in [0.25, 0.3) is 0 Å². The van der Waals surface area contributed by atoms with Crippen LogP contribution in [-0.4, -0.2) is 23.9 Å². The highest BCUT2D eigenvalue weighted by Gasteiger charge is 2.26. The van der Waals surface area contributed by atoms with E-state index in [2.05, 4.69) is 24.5 Å². The van der Waals surface area contributed by atoms with E-state index in [1.165, 1.54) is 19.3 Å². The Labute approximate surface area is 97.2 Å². The van der Waals surface area contributed by atoms with Gasteiger partial charge in [0.1, 0.15) is 0 Å². The van der Waals surface area contributed by atoms with Crippen molar-refractivity contribution in [2.24, 2.45) is 0 Å². The van der Waals surface area contributed by atoms with Crippen LogP contribution in [0.25, 0.3) is 0 Å². The maximum absolute atomic E-state index is 11.5. The monoisotopic (exact) mass is 226 g/mol. The molecule has 4 heteroatoms. The normalized spacial score (nSPS) is 23.0. The molecule has 0 radical (unpaired) electrons. The molecule has 1 rings (SSSR count). The molecule has 1 fully saturated rings. The number of nitrogens with one attached hydrogen (secondary N) is 2. The highest BCUT2D eigenvalue weighted by molar-refractivity contribution is 6.00. The van der Waals surface area contributed by atoms with Crippen LogP contribution in [0.15, 0.2) is 0 Å². The van der Waals surface area contributed by atoms with E-state index < -0.39 is 0 Å². The summed E-state index contributed by atoms with van der Waals surface area (Å²) in [4.78, 5) is 22.4. The standard InChI is InChI=1S/C12H22N2O2/c1-3-4-5-6-9(2)13-10-7-8-11(15)14-12(10)16/h9-10,13H,3-8H2,1-2H3,(H,14,15,16). The maximum atomic E-state index is 11.5.